The van der Waals surface area contributed by atoms with E-state index in [0.29, 0.717) is 12.6 Å². The van der Waals surface area contributed by atoms with Crippen LogP contribution >= 0.6 is 0 Å². The van der Waals surface area contributed by atoms with Crippen LogP contribution in [-0.4, -0.2) is 36.4 Å². The Labute approximate surface area is 69.3 Å². The minimum absolute atomic E-state index is 0.362. The maximum absolute atomic E-state index is 10.8. The first-order valence-electron chi connectivity index (χ1n) is 3.29. The van der Waals surface area contributed by atoms with Crippen molar-refractivity contribution in [2.75, 3.05) is 7.11 Å². The molecule has 0 aliphatic heterocycles. The maximum Gasteiger partial charge on any atom is 0.338 e. The molecule has 0 aliphatic rings. The summed E-state index contributed by atoms with van der Waals surface area (Å²) in [6, 6.07) is 0. The molecule has 12 heavy (non-hydrogen) atoms. The van der Waals surface area contributed by atoms with Gasteiger partial charge in [0.25, 0.3) is 0 Å². The molecular formula is C7H10O5. The van der Waals surface area contributed by atoms with Crippen LogP contribution in [0.25, 0.3) is 0 Å². The van der Waals surface area contributed by atoms with Crippen LogP contribution in [0.5, 0.6) is 0 Å². The van der Waals surface area contributed by atoms with Gasteiger partial charge < -0.3 is 19.4 Å². The van der Waals surface area contributed by atoms with E-state index in [0.717, 1.165) is 7.11 Å². The maximum atomic E-state index is 10.8. The van der Waals surface area contributed by atoms with E-state index >= 15 is 0 Å². The van der Waals surface area contributed by atoms with Crippen LogP contribution in [0.2, 0.25) is 0 Å². The summed E-state index contributed by atoms with van der Waals surface area (Å²) in [6.45, 7) is 0. The monoisotopic (exact) mass is 174 g/mol. The fraction of sp³-hybridized carbons (Fsp3) is 0.571. The average molecular weight is 174 g/mol. The molecule has 0 spiro atoms. The number of aldehydes is 2. The number of rotatable bonds is 5. The first-order valence-corrected chi connectivity index (χ1v) is 3.29. The molecule has 5 nitrogen and oxygen atoms in total. The molecule has 0 heterocycles. The van der Waals surface area contributed by atoms with Gasteiger partial charge in [-0.25, -0.2) is 4.79 Å². The molecule has 0 aromatic heterocycles. The summed E-state index contributed by atoms with van der Waals surface area (Å²) in [5, 5.41) is 9.34. The van der Waals surface area contributed by atoms with E-state index < -0.39 is 24.4 Å². The lowest BCUT2D eigenvalue weighted by Gasteiger charge is -2.19. The van der Waals surface area contributed by atoms with Gasteiger partial charge in [0.05, 0.1) is 7.11 Å². The summed E-state index contributed by atoms with van der Waals surface area (Å²) in [4.78, 5) is 30.9. The summed E-state index contributed by atoms with van der Waals surface area (Å²) in [5.74, 6) is -0.971. The molecule has 0 aromatic rings. The Morgan fingerprint density at radius 1 is 1.42 bits per heavy atom. The SMILES string of the molecule is COC(=O)C(O)(CC=O)CC=O. The zero-order valence-corrected chi connectivity index (χ0v) is 6.65. The highest BCUT2D eigenvalue weighted by molar-refractivity contribution is 5.85. The number of hydrogen-bond donors (Lipinski definition) is 1. The standard InChI is InChI=1S/C7H10O5/c1-12-6(10)7(11,2-4-8)3-5-9/h4-5,11H,2-3H2,1H3. The highest BCUT2D eigenvalue weighted by Gasteiger charge is 2.36. The van der Waals surface area contributed by atoms with E-state index in [1.807, 2.05) is 0 Å². The van der Waals surface area contributed by atoms with Gasteiger partial charge in [0.15, 0.2) is 5.60 Å². The van der Waals surface area contributed by atoms with Crippen molar-refractivity contribution in [1.82, 2.24) is 0 Å². The van der Waals surface area contributed by atoms with Gasteiger partial charge in [-0.15, -0.1) is 0 Å². The highest BCUT2D eigenvalue weighted by atomic mass is 16.5. The van der Waals surface area contributed by atoms with Crippen LogP contribution in [0.3, 0.4) is 0 Å². The molecule has 1 N–H and O–H groups in total. The van der Waals surface area contributed by atoms with Crippen LogP contribution in [-0.2, 0) is 19.1 Å². The summed E-state index contributed by atoms with van der Waals surface area (Å²) in [5.41, 5.74) is -1.99. The van der Waals surface area contributed by atoms with Crippen molar-refractivity contribution >= 4 is 18.5 Å². The second kappa shape index (κ2) is 4.61. The first-order chi connectivity index (χ1) is 5.60. The number of esters is 1. The second-order valence-electron chi connectivity index (χ2n) is 2.26. The fourth-order valence-electron chi connectivity index (χ4n) is 0.716. The van der Waals surface area contributed by atoms with Crippen molar-refractivity contribution in [2.24, 2.45) is 0 Å². The van der Waals surface area contributed by atoms with E-state index in [1.165, 1.54) is 0 Å². The average Bonchev–Trinajstić information content (AvgIpc) is 2.04. The summed E-state index contributed by atoms with van der Waals surface area (Å²) in [7, 11) is 1.07. The Morgan fingerprint density at radius 2 is 1.83 bits per heavy atom. The van der Waals surface area contributed by atoms with Crippen molar-refractivity contribution in [1.29, 1.82) is 0 Å². The van der Waals surface area contributed by atoms with Gasteiger partial charge in [0.1, 0.15) is 12.6 Å². The highest BCUT2D eigenvalue weighted by Crippen LogP contribution is 2.14. The fourth-order valence-corrected chi connectivity index (χ4v) is 0.716. The number of aliphatic hydroxyl groups is 1. The minimum atomic E-state index is -1.99. The van der Waals surface area contributed by atoms with Crippen LogP contribution in [0.15, 0.2) is 0 Å². The number of hydrogen-bond acceptors (Lipinski definition) is 5. The third kappa shape index (κ3) is 2.43. The van der Waals surface area contributed by atoms with Crippen LogP contribution in [0.4, 0.5) is 0 Å². The smallest absolute Gasteiger partial charge is 0.338 e. The van der Waals surface area contributed by atoms with Gasteiger partial charge in [-0.05, 0) is 0 Å². The Bertz CT molecular complexity index is 176. The van der Waals surface area contributed by atoms with Gasteiger partial charge in [-0.2, -0.15) is 0 Å². The van der Waals surface area contributed by atoms with Crippen molar-refractivity contribution in [3.63, 3.8) is 0 Å². The Morgan fingerprint density at radius 3 is 2.08 bits per heavy atom. The topological polar surface area (TPSA) is 80.7 Å². The third-order valence-electron chi connectivity index (χ3n) is 1.41. The largest absolute Gasteiger partial charge is 0.467 e. The van der Waals surface area contributed by atoms with E-state index in [9.17, 15) is 19.5 Å². The molecule has 0 saturated heterocycles. The van der Waals surface area contributed by atoms with Gasteiger partial charge in [-0.1, -0.05) is 0 Å². The molecular weight excluding hydrogens is 164 g/mol. The van der Waals surface area contributed by atoms with Crippen LogP contribution in [0, 0.1) is 0 Å². The predicted molar refractivity (Wildman–Crippen MR) is 38.3 cm³/mol. The summed E-state index contributed by atoms with van der Waals surface area (Å²) < 4.78 is 4.21. The lowest BCUT2D eigenvalue weighted by molar-refractivity contribution is -0.165. The molecule has 68 valence electrons. The molecule has 0 aliphatic carbocycles. The quantitative estimate of drug-likeness (QED) is 0.430. The van der Waals surface area contributed by atoms with Crippen molar-refractivity contribution in [2.45, 2.75) is 18.4 Å². The van der Waals surface area contributed by atoms with Gasteiger partial charge in [0, 0.05) is 12.8 Å². The normalized spacial score (nSPS) is 10.5. The van der Waals surface area contributed by atoms with Crippen molar-refractivity contribution in [3.8, 4) is 0 Å². The molecule has 0 atom stereocenters. The minimum Gasteiger partial charge on any atom is -0.467 e. The third-order valence-corrected chi connectivity index (χ3v) is 1.41. The van der Waals surface area contributed by atoms with Crippen molar-refractivity contribution < 1.29 is 24.2 Å². The molecule has 0 radical (unpaired) electrons. The zero-order chi connectivity index (χ0) is 9.61. The number of methoxy groups -OCH3 is 1. The van der Waals surface area contributed by atoms with E-state index in [4.69, 9.17) is 0 Å². The number of ether oxygens (including phenoxy) is 1. The lowest BCUT2D eigenvalue weighted by atomic mass is 9.97. The summed E-state index contributed by atoms with van der Waals surface area (Å²) in [6.07, 6.45) is -0.141. The molecule has 0 aromatic carbocycles. The van der Waals surface area contributed by atoms with Crippen molar-refractivity contribution in [3.05, 3.63) is 0 Å². The molecule has 5 heteroatoms. The van der Waals surface area contributed by atoms with Gasteiger partial charge >= 0.3 is 5.97 Å². The lowest BCUT2D eigenvalue weighted by Crippen LogP contribution is -2.40. The second-order valence-corrected chi connectivity index (χ2v) is 2.26. The Kier molecular flexibility index (Phi) is 4.14. The molecule has 0 bridgehead atoms. The molecule has 0 unspecified atom stereocenters. The number of carbonyl (C=O) groups excluding carboxylic acids is 3. The molecule has 0 amide bonds. The van der Waals surface area contributed by atoms with Crippen LogP contribution < -0.4 is 0 Å². The number of carbonyl (C=O) groups is 3. The Balaban J connectivity index is 4.46. The van der Waals surface area contributed by atoms with Gasteiger partial charge in [-0.3, -0.25) is 0 Å². The van der Waals surface area contributed by atoms with Crippen LogP contribution in [0.1, 0.15) is 12.8 Å². The zero-order valence-electron chi connectivity index (χ0n) is 6.65. The summed E-state index contributed by atoms with van der Waals surface area (Å²) >= 11 is 0. The molecule has 0 saturated carbocycles. The predicted octanol–water partition coefficient (Wildman–Crippen LogP) is -0.932. The van der Waals surface area contributed by atoms with E-state index in [-0.39, 0.29) is 0 Å². The Hall–Kier alpha value is -1.23. The first kappa shape index (κ1) is 10.8. The molecule has 0 rings (SSSR count). The van der Waals surface area contributed by atoms with E-state index in [1.54, 1.807) is 0 Å². The van der Waals surface area contributed by atoms with E-state index in [2.05, 4.69) is 4.74 Å². The van der Waals surface area contributed by atoms with Gasteiger partial charge in [0.2, 0.25) is 0 Å². The molecule has 0 fully saturated rings.